The van der Waals surface area contributed by atoms with E-state index in [-0.39, 0.29) is 6.04 Å². The van der Waals surface area contributed by atoms with Gasteiger partial charge in [-0.3, -0.25) is 9.59 Å². The molecule has 0 saturated carbocycles. The number of nitrogens with one attached hydrogen (secondary N) is 2. The van der Waals surface area contributed by atoms with Crippen LogP contribution in [0.5, 0.6) is 0 Å². The molecule has 0 saturated heterocycles. The van der Waals surface area contributed by atoms with Crippen molar-refractivity contribution in [2.75, 3.05) is 0 Å². The van der Waals surface area contributed by atoms with E-state index >= 15 is 0 Å². The van der Waals surface area contributed by atoms with Gasteiger partial charge in [0.25, 0.3) is 11.8 Å². The molecule has 0 fully saturated rings. The molecular formula is C9H18N2O4S. The van der Waals surface area contributed by atoms with Crippen molar-refractivity contribution in [3.8, 4) is 0 Å². The van der Waals surface area contributed by atoms with Gasteiger partial charge in [0.1, 0.15) is 0 Å². The Bertz CT molecular complexity index is 232. The second kappa shape index (κ2) is 6.72. The van der Waals surface area contributed by atoms with Crippen LogP contribution in [0.2, 0.25) is 0 Å². The second-order valence-corrected chi connectivity index (χ2v) is 4.51. The van der Waals surface area contributed by atoms with Crippen molar-refractivity contribution < 1.29 is 19.8 Å². The molecule has 2 amide bonds. The fourth-order valence-electron chi connectivity index (χ4n) is 0.948. The van der Waals surface area contributed by atoms with Crippen LogP contribution in [0.4, 0.5) is 0 Å². The maximum atomic E-state index is 11.3. The summed E-state index contributed by atoms with van der Waals surface area (Å²) in [4.78, 5) is 22.5. The van der Waals surface area contributed by atoms with Crippen molar-refractivity contribution >= 4 is 24.4 Å². The molecule has 16 heavy (non-hydrogen) atoms. The Kier molecular flexibility index (Phi) is 6.39. The summed E-state index contributed by atoms with van der Waals surface area (Å²) in [5.74, 6) is -1.63. The van der Waals surface area contributed by atoms with Crippen molar-refractivity contribution in [3.05, 3.63) is 0 Å². The third-order valence-electron chi connectivity index (χ3n) is 1.62. The van der Waals surface area contributed by atoms with Crippen LogP contribution in [0.3, 0.4) is 0 Å². The first-order valence-electron chi connectivity index (χ1n) is 4.90. The fraction of sp³-hybridized carbons (Fsp3) is 0.778. The molecule has 0 radical (unpaired) electrons. The number of aliphatic hydroxyl groups excluding tert-OH is 2. The summed E-state index contributed by atoms with van der Waals surface area (Å²) in [6.45, 7) is 4.98. The number of hydrogen-bond acceptors (Lipinski definition) is 5. The molecule has 0 aromatic heterocycles. The summed E-state index contributed by atoms with van der Waals surface area (Å²) in [6, 6.07) is -0.179. The molecule has 94 valence electrons. The van der Waals surface area contributed by atoms with E-state index in [0.717, 1.165) is 0 Å². The van der Waals surface area contributed by atoms with Gasteiger partial charge in [-0.1, -0.05) is 0 Å². The zero-order valence-electron chi connectivity index (χ0n) is 9.47. The first kappa shape index (κ1) is 15.2. The molecule has 0 aromatic rings. The molecule has 0 heterocycles. The van der Waals surface area contributed by atoms with E-state index in [1.165, 1.54) is 0 Å². The average molecular weight is 250 g/mol. The van der Waals surface area contributed by atoms with Gasteiger partial charge in [0.05, 0.1) is 5.37 Å². The number of carbonyl (C=O) groups excluding carboxylic acids is 2. The fourth-order valence-corrected chi connectivity index (χ4v) is 1.08. The zero-order valence-corrected chi connectivity index (χ0v) is 10.4. The summed E-state index contributed by atoms with van der Waals surface area (Å²) >= 11 is 3.88. The molecule has 4 N–H and O–H groups in total. The molecule has 6 nitrogen and oxygen atoms in total. The molecule has 0 aliphatic heterocycles. The van der Waals surface area contributed by atoms with E-state index in [0.29, 0.717) is 0 Å². The summed E-state index contributed by atoms with van der Waals surface area (Å²) in [5.41, 5.74) is 0. The van der Waals surface area contributed by atoms with Gasteiger partial charge < -0.3 is 20.8 Å². The maximum absolute atomic E-state index is 11.3. The number of amides is 2. The highest BCUT2D eigenvalue weighted by Crippen LogP contribution is 1.97. The standard InChI is InChI=1S/C9H18N2O4S/c1-4(2)10-8(14)6(12)7(13)9(15)11-5(3)16/h4-7,12-13,16H,1-3H3,(H,10,14)(H,11,15)/t5?,6-,7+/m1/s1. The minimum Gasteiger partial charge on any atom is -0.380 e. The third-order valence-corrected chi connectivity index (χ3v) is 1.75. The van der Waals surface area contributed by atoms with Gasteiger partial charge in [0.15, 0.2) is 12.2 Å². The predicted molar refractivity (Wildman–Crippen MR) is 61.9 cm³/mol. The van der Waals surface area contributed by atoms with Crippen LogP contribution in [0.15, 0.2) is 0 Å². The molecule has 0 aromatic carbocycles. The summed E-state index contributed by atoms with van der Waals surface area (Å²) in [5, 5.41) is 22.9. The maximum Gasteiger partial charge on any atom is 0.252 e. The summed E-state index contributed by atoms with van der Waals surface area (Å²) < 4.78 is 0. The van der Waals surface area contributed by atoms with Crippen LogP contribution >= 0.6 is 12.6 Å². The normalized spacial score (nSPS) is 16.4. The topological polar surface area (TPSA) is 98.7 Å². The molecule has 3 atom stereocenters. The lowest BCUT2D eigenvalue weighted by Crippen LogP contribution is -2.51. The first-order valence-corrected chi connectivity index (χ1v) is 5.42. The molecule has 0 rings (SSSR count). The van der Waals surface area contributed by atoms with Gasteiger partial charge in [-0.05, 0) is 20.8 Å². The Labute approximate surface area is 99.8 Å². The second-order valence-electron chi connectivity index (χ2n) is 3.74. The van der Waals surface area contributed by atoms with Gasteiger partial charge in [-0.15, -0.1) is 0 Å². The highest BCUT2D eigenvalue weighted by atomic mass is 32.1. The Morgan fingerprint density at radius 3 is 1.69 bits per heavy atom. The number of hydrogen-bond donors (Lipinski definition) is 5. The monoisotopic (exact) mass is 250 g/mol. The van der Waals surface area contributed by atoms with Crippen molar-refractivity contribution in [1.82, 2.24) is 10.6 Å². The number of thiol groups is 1. The Hall–Kier alpha value is -0.790. The quantitative estimate of drug-likeness (QED) is 0.307. The molecule has 0 spiro atoms. The van der Waals surface area contributed by atoms with Crippen LogP contribution in [-0.4, -0.2) is 45.7 Å². The van der Waals surface area contributed by atoms with E-state index in [1.807, 2.05) is 0 Å². The van der Waals surface area contributed by atoms with Crippen LogP contribution in [0, 0.1) is 0 Å². The molecular weight excluding hydrogens is 232 g/mol. The number of rotatable bonds is 5. The van der Waals surface area contributed by atoms with Crippen LogP contribution < -0.4 is 10.6 Å². The van der Waals surface area contributed by atoms with Crippen LogP contribution in [0.25, 0.3) is 0 Å². The smallest absolute Gasteiger partial charge is 0.252 e. The van der Waals surface area contributed by atoms with Crippen molar-refractivity contribution in [1.29, 1.82) is 0 Å². The minimum absolute atomic E-state index is 0.179. The van der Waals surface area contributed by atoms with Crippen molar-refractivity contribution in [3.63, 3.8) is 0 Å². The van der Waals surface area contributed by atoms with E-state index in [9.17, 15) is 19.8 Å². The number of carbonyl (C=O) groups is 2. The SMILES string of the molecule is CC(C)NC(=O)[C@H](O)[C@H](O)C(=O)NC(C)S. The highest BCUT2D eigenvalue weighted by Gasteiger charge is 2.30. The minimum atomic E-state index is -1.80. The van der Waals surface area contributed by atoms with Crippen LogP contribution in [-0.2, 0) is 9.59 Å². The van der Waals surface area contributed by atoms with Gasteiger partial charge >= 0.3 is 0 Å². The zero-order chi connectivity index (χ0) is 12.9. The lowest BCUT2D eigenvalue weighted by Gasteiger charge is -2.19. The lowest BCUT2D eigenvalue weighted by atomic mass is 10.1. The predicted octanol–water partition coefficient (Wildman–Crippen LogP) is -1.38. The Balaban J connectivity index is 4.31. The lowest BCUT2D eigenvalue weighted by molar-refractivity contribution is -0.146. The average Bonchev–Trinajstić information content (AvgIpc) is 2.13. The molecule has 0 bridgehead atoms. The van der Waals surface area contributed by atoms with Gasteiger partial charge in [0.2, 0.25) is 0 Å². The molecule has 7 heteroatoms. The molecule has 1 unspecified atom stereocenters. The van der Waals surface area contributed by atoms with Gasteiger partial charge in [-0.2, -0.15) is 12.6 Å². The molecule has 0 aliphatic rings. The van der Waals surface area contributed by atoms with E-state index in [4.69, 9.17) is 0 Å². The van der Waals surface area contributed by atoms with Crippen LogP contribution in [0.1, 0.15) is 20.8 Å². The summed E-state index contributed by atoms with van der Waals surface area (Å²) in [6.07, 6.45) is -3.58. The number of aliphatic hydroxyl groups is 2. The largest absolute Gasteiger partial charge is 0.380 e. The molecule has 0 aliphatic carbocycles. The van der Waals surface area contributed by atoms with Crippen molar-refractivity contribution in [2.24, 2.45) is 0 Å². The highest BCUT2D eigenvalue weighted by molar-refractivity contribution is 7.80. The Morgan fingerprint density at radius 2 is 1.38 bits per heavy atom. The first-order chi connectivity index (χ1) is 7.25. The summed E-state index contributed by atoms with van der Waals surface area (Å²) in [7, 11) is 0. The van der Waals surface area contributed by atoms with Gasteiger partial charge in [0, 0.05) is 6.04 Å². The van der Waals surface area contributed by atoms with E-state index in [2.05, 4.69) is 23.3 Å². The van der Waals surface area contributed by atoms with Gasteiger partial charge in [-0.25, -0.2) is 0 Å². The third kappa shape index (κ3) is 5.34. The van der Waals surface area contributed by atoms with Crippen molar-refractivity contribution in [2.45, 2.75) is 44.4 Å². The Morgan fingerprint density at radius 1 is 1.00 bits per heavy atom. The van der Waals surface area contributed by atoms with E-state index in [1.54, 1.807) is 20.8 Å². The van der Waals surface area contributed by atoms with E-state index < -0.39 is 29.4 Å².